The van der Waals surface area contributed by atoms with Crippen molar-refractivity contribution in [2.24, 2.45) is 0 Å². The fourth-order valence-corrected chi connectivity index (χ4v) is 4.73. The van der Waals surface area contributed by atoms with Crippen LogP contribution in [-0.2, 0) is 0 Å². The van der Waals surface area contributed by atoms with Crippen molar-refractivity contribution in [2.45, 2.75) is 0 Å². The second kappa shape index (κ2) is 5.74. The predicted molar refractivity (Wildman–Crippen MR) is 122 cm³/mol. The SMILES string of the molecule is c1ccc2c(c1)Oc1ccc(-c3ccc4c(c3)oc3ccccc34)c3cccc-2c13. The Morgan fingerprint density at radius 1 is 0.467 bits per heavy atom. The molecule has 1 aliphatic rings. The maximum atomic E-state index is 6.23. The van der Waals surface area contributed by atoms with E-state index < -0.39 is 0 Å². The number of ether oxygens (including phenoxy) is 1. The summed E-state index contributed by atoms with van der Waals surface area (Å²) in [5.74, 6) is 1.82. The van der Waals surface area contributed by atoms with Crippen LogP contribution in [0.4, 0.5) is 0 Å². The number of benzene rings is 5. The first kappa shape index (κ1) is 15.8. The van der Waals surface area contributed by atoms with Crippen molar-refractivity contribution in [1.82, 2.24) is 0 Å². The summed E-state index contributed by atoms with van der Waals surface area (Å²) >= 11 is 0. The van der Waals surface area contributed by atoms with Crippen LogP contribution in [0.5, 0.6) is 11.5 Å². The van der Waals surface area contributed by atoms with Gasteiger partial charge in [-0.25, -0.2) is 0 Å². The monoisotopic (exact) mass is 384 g/mol. The lowest BCUT2D eigenvalue weighted by Crippen LogP contribution is -1.97. The minimum atomic E-state index is 0.910. The van der Waals surface area contributed by atoms with Crippen molar-refractivity contribution in [3.63, 3.8) is 0 Å². The van der Waals surface area contributed by atoms with Crippen molar-refractivity contribution >= 4 is 32.7 Å². The summed E-state index contributed by atoms with van der Waals surface area (Å²) in [7, 11) is 0. The van der Waals surface area contributed by atoms with Gasteiger partial charge in [-0.05, 0) is 52.4 Å². The molecule has 6 aromatic rings. The molecule has 0 unspecified atom stereocenters. The van der Waals surface area contributed by atoms with E-state index in [9.17, 15) is 0 Å². The Kier molecular flexibility index (Phi) is 3.03. The van der Waals surface area contributed by atoms with Crippen LogP contribution in [0.3, 0.4) is 0 Å². The third-order valence-electron chi connectivity index (χ3n) is 6.09. The van der Waals surface area contributed by atoms with Gasteiger partial charge in [0.1, 0.15) is 22.7 Å². The number of hydrogen-bond acceptors (Lipinski definition) is 2. The molecule has 0 saturated heterocycles. The second-order valence-corrected chi connectivity index (χ2v) is 7.75. The van der Waals surface area contributed by atoms with E-state index >= 15 is 0 Å². The highest BCUT2D eigenvalue weighted by atomic mass is 16.5. The highest BCUT2D eigenvalue weighted by molar-refractivity contribution is 6.11. The smallest absolute Gasteiger partial charge is 0.136 e. The number of furan rings is 1. The molecule has 2 heterocycles. The van der Waals surface area contributed by atoms with Crippen LogP contribution in [0.2, 0.25) is 0 Å². The lowest BCUT2D eigenvalue weighted by molar-refractivity contribution is 0.487. The minimum Gasteiger partial charge on any atom is -0.456 e. The molecule has 0 spiro atoms. The molecular formula is C28H16O2. The zero-order valence-electron chi connectivity index (χ0n) is 16.1. The average molecular weight is 384 g/mol. The van der Waals surface area contributed by atoms with Crippen molar-refractivity contribution in [2.75, 3.05) is 0 Å². The highest BCUT2D eigenvalue weighted by Crippen LogP contribution is 2.48. The van der Waals surface area contributed by atoms with E-state index in [1.165, 1.54) is 21.9 Å². The number of hydrogen-bond donors (Lipinski definition) is 0. The Bertz CT molecular complexity index is 1620. The molecule has 5 aromatic carbocycles. The third-order valence-corrected chi connectivity index (χ3v) is 6.09. The molecule has 0 atom stereocenters. The van der Waals surface area contributed by atoms with Crippen LogP contribution in [0.1, 0.15) is 0 Å². The molecular weight excluding hydrogens is 368 g/mol. The van der Waals surface area contributed by atoms with Crippen molar-refractivity contribution in [1.29, 1.82) is 0 Å². The van der Waals surface area contributed by atoms with Gasteiger partial charge < -0.3 is 9.15 Å². The average Bonchev–Trinajstić information content (AvgIpc) is 3.17. The number of fused-ring (bicyclic) bond motifs is 5. The Labute approximate surface area is 172 Å². The van der Waals surface area contributed by atoms with Crippen LogP contribution >= 0.6 is 0 Å². The van der Waals surface area contributed by atoms with Gasteiger partial charge in [0.15, 0.2) is 0 Å². The molecule has 0 radical (unpaired) electrons. The van der Waals surface area contributed by atoms with Crippen LogP contribution in [0, 0.1) is 0 Å². The maximum Gasteiger partial charge on any atom is 0.136 e. The topological polar surface area (TPSA) is 22.4 Å². The van der Waals surface area contributed by atoms with E-state index in [4.69, 9.17) is 9.15 Å². The summed E-state index contributed by atoms with van der Waals surface area (Å²) in [5.41, 5.74) is 6.52. The van der Waals surface area contributed by atoms with Crippen molar-refractivity contribution in [3.8, 4) is 33.8 Å². The van der Waals surface area contributed by atoms with Crippen LogP contribution < -0.4 is 4.74 Å². The fourth-order valence-electron chi connectivity index (χ4n) is 4.73. The summed E-state index contributed by atoms with van der Waals surface area (Å²) in [5, 5.41) is 4.66. The Hall–Kier alpha value is -4.04. The quantitative estimate of drug-likeness (QED) is 0.285. The van der Waals surface area contributed by atoms with Gasteiger partial charge in [0, 0.05) is 21.7 Å². The second-order valence-electron chi connectivity index (χ2n) is 7.75. The standard InChI is InChI=1S/C28H16O2/c1-3-10-24-19(6-1)21-13-12-17(16-27(21)30-24)18-14-15-26-28-22(18)8-5-9-23(28)20-7-2-4-11-25(20)29-26/h1-16H. The van der Waals surface area contributed by atoms with E-state index in [1.807, 2.05) is 24.3 Å². The van der Waals surface area contributed by atoms with E-state index in [2.05, 4.69) is 72.8 Å². The van der Waals surface area contributed by atoms with Gasteiger partial charge in [-0.1, -0.05) is 66.7 Å². The number of para-hydroxylation sites is 2. The van der Waals surface area contributed by atoms with Crippen molar-refractivity contribution in [3.05, 3.63) is 97.1 Å². The molecule has 140 valence electrons. The summed E-state index contributed by atoms with van der Waals surface area (Å²) in [6.45, 7) is 0. The van der Waals surface area contributed by atoms with Gasteiger partial charge in [-0.2, -0.15) is 0 Å². The molecule has 0 bridgehead atoms. The van der Waals surface area contributed by atoms with Crippen LogP contribution in [0.25, 0.3) is 55.0 Å². The maximum absolute atomic E-state index is 6.23. The molecule has 0 fully saturated rings. The Morgan fingerprint density at radius 3 is 2.27 bits per heavy atom. The molecule has 0 amide bonds. The molecule has 1 aromatic heterocycles. The summed E-state index contributed by atoms with van der Waals surface area (Å²) < 4.78 is 12.4. The van der Waals surface area contributed by atoms with Crippen LogP contribution in [-0.4, -0.2) is 0 Å². The van der Waals surface area contributed by atoms with Gasteiger partial charge in [-0.15, -0.1) is 0 Å². The van der Waals surface area contributed by atoms with Gasteiger partial charge >= 0.3 is 0 Å². The Balaban J connectivity index is 1.50. The molecule has 0 aliphatic carbocycles. The van der Waals surface area contributed by atoms with E-state index in [-0.39, 0.29) is 0 Å². The first-order valence-corrected chi connectivity index (χ1v) is 10.1. The lowest BCUT2D eigenvalue weighted by atomic mass is 9.90. The predicted octanol–water partition coefficient (Wildman–Crippen LogP) is 8.18. The Morgan fingerprint density at radius 2 is 1.27 bits per heavy atom. The molecule has 2 heteroatoms. The molecule has 0 saturated carbocycles. The lowest BCUT2D eigenvalue weighted by Gasteiger charge is -2.22. The molecule has 7 rings (SSSR count). The largest absolute Gasteiger partial charge is 0.456 e. The zero-order chi connectivity index (χ0) is 19.7. The molecule has 0 N–H and O–H groups in total. The first-order chi connectivity index (χ1) is 14.9. The first-order valence-electron chi connectivity index (χ1n) is 10.1. The van der Waals surface area contributed by atoms with Gasteiger partial charge in [-0.3, -0.25) is 0 Å². The van der Waals surface area contributed by atoms with Crippen LogP contribution in [0.15, 0.2) is 101 Å². The van der Waals surface area contributed by atoms with E-state index in [0.717, 1.165) is 44.6 Å². The molecule has 2 nitrogen and oxygen atoms in total. The van der Waals surface area contributed by atoms with Gasteiger partial charge in [0.2, 0.25) is 0 Å². The zero-order valence-corrected chi connectivity index (χ0v) is 16.1. The third kappa shape index (κ3) is 2.08. The fraction of sp³-hybridized carbons (Fsp3) is 0. The van der Waals surface area contributed by atoms with Gasteiger partial charge in [0.05, 0.1) is 0 Å². The number of rotatable bonds is 1. The molecule has 30 heavy (non-hydrogen) atoms. The normalized spacial score (nSPS) is 12.3. The van der Waals surface area contributed by atoms with E-state index in [1.54, 1.807) is 0 Å². The minimum absolute atomic E-state index is 0.910. The molecule has 1 aliphatic heterocycles. The van der Waals surface area contributed by atoms with E-state index in [0.29, 0.717) is 0 Å². The van der Waals surface area contributed by atoms with Gasteiger partial charge in [0.25, 0.3) is 0 Å². The summed E-state index contributed by atoms with van der Waals surface area (Å²) in [4.78, 5) is 0. The van der Waals surface area contributed by atoms with Crippen molar-refractivity contribution < 1.29 is 9.15 Å². The summed E-state index contributed by atoms with van der Waals surface area (Å²) in [6.07, 6.45) is 0. The summed E-state index contributed by atoms with van der Waals surface area (Å²) in [6, 6.07) is 33.6. The highest BCUT2D eigenvalue weighted by Gasteiger charge is 2.21.